The Balaban J connectivity index is 1.59. The van der Waals surface area contributed by atoms with Crippen LogP contribution in [0.3, 0.4) is 0 Å². The highest BCUT2D eigenvalue weighted by Crippen LogP contribution is 2.19. The molecule has 92 valence electrons. The van der Waals surface area contributed by atoms with E-state index in [9.17, 15) is 0 Å². The molecule has 0 atom stereocenters. The number of hydrogen-bond donors (Lipinski definition) is 1. The molecule has 0 saturated heterocycles. The van der Waals surface area contributed by atoms with Gasteiger partial charge in [-0.05, 0) is 48.1 Å². The summed E-state index contributed by atoms with van der Waals surface area (Å²) in [7, 11) is 0. The summed E-state index contributed by atoms with van der Waals surface area (Å²) in [6.45, 7) is 1.00. The molecule has 2 aromatic rings. The van der Waals surface area contributed by atoms with Crippen molar-refractivity contribution < 1.29 is 0 Å². The van der Waals surface area contributed by atoms with E-state index in [2.05, 4.69) is 46.7 Å². The van der Waals surface area contributed by atoms with Crippen molar-refractivity contribution in [2.45, 2.75) is 31.8 Å². The molecule has 0 spiro atoms. The van der Waals surface area contributed by atoms with Gasteiger partial charge < -0.3 is 5.32 Å². The van der Waals surface area contributed by atoms with Crippen LogP contribution in [0.1, 0.15) is 29.5 Å². The Morgan fingerprint density at radius 2 is 1.50 bits per heavy atom. The Hall–Kier alpha value is -1.67. The normalized spacial score (nSPS) is 14.7. The summed E-state index contributed by atoms with van der Waals surface area (Å²) in [4.78, 5) is 4.04. The van der Waals surface area contributed by atoms with Crippen molar-refractivity contribution in [1.82, 2.24) is 10.3 Å². The molecular formula is C16H18N2. The third-order valence-electron chi connectivity index (χ3n) is 3.35. The fourth-order valence-corrected chi connectivity index (χ4v) is 2.06. The lowest BCUT2D eigenvalue weighted by Crippen LogP contribution is -2.15. The largest absolute Gasteiger partial charge is 0.310 e. The predicted octanol–water partition coefficient (Wildman–Crippen LogP) is 2.92. The second-order valence-electron chi connectivity index (χ2n) is 5.00. The molecule has 0 radical (unpaired) electrons. The van der Waals surface area contributed by atoms with Gasteiger partial charge in [-0.15, -0.1) is 0 Å². The highest BCUT2D eigenvalue weighted by Gasteiger charge is 2.19. The lowest BCUT2D eigenvalue weighted by molar-refractivity contribution is 0.687. The van der Waals surface area contributed by atoms with Crippen molar-refractivity contribution in [3.05, 3.63) is 65.5 Å². The molecule has 1 aliphatic rings. The van der Waals surface area contributed by atoms with Gasteiger partial charge in [-0.25, -0.2) is 0 Å². The van der Waals surface area contributed by atoms with E-state index < -0.39 is 0 Å². The summed E-state index contributed by atoms with van der Waals surface area (Å²) in [6, 6.07) is 13.8. The van der Waals surface area contributed by atoms with Crippen molar-refractivity contribution in [1.29, 1.82) is 0 Å². The molecule has 1 aliphatic carbocycles. The van der Waals surface area contributed by atoms with Crippen molar-refractivity contribution in [2.75, 3.05) is 0 Å². The van der Waals surface area contributed by atoms with Crippen LogP contribution < -0.4 is 5.32 Å². The number of aromatic nitrogens is 1. The minimum Gasteiger partial charge on any atom is -0.310 e. The maximum absolute atomic E-state index is 4.04. The van der Waals surface area contributed by atoms with Crippen LogP contribution in [0.4, 0.5) is 0 Å². The Bertz CT molecular complexity index is 486. The maximum atomic E-state index is 4.04. The predicted molar refractivity (Wildman–Crippen MR) is 73.3 cm³/mol. The number of nitrogens with one attached hydrogen (secondary N) is 1. The van der Waals surface area contributed by atoms with Crippen molar-refractivity contribution in [2.24, 2.45) is 0 Å². The second-order valence-corrected chi connectivity index (χ2v) is 5.00. The zero-order valence-electron chi connectivity index (χ0n) is 10.5. The first kappa shape index (κ1) is 11.4. The zero-order valence-corrected chi connectivity index (χ0v) is 10.5. The summed E-state index contributed by atoms with van der Waals surface area (Å²) < 4.78 is 0. The van der Waals surface area contributed by atoms with Crippen LogP contribution in [0.25, 0.3) is 0 Å². The van der Waals surface area contributed by atoms with E-state index in [4.69, 9.17) is 0 Å². The lowest BCUT2D eigenvalue weighted by Gasteiger charge is -2.05. The Morgan fingerprint density at radius 1 is 0.889 bits per heavy atom. The Labute approximate surface area is 108 Å². The van der Waals surface area contributed by atoms with Crippen LogP contribution in [0.5, 0.6) is 0 Å². The number of hydrogen-bond acceptors (Lipinski definition) is 2. The van der Waals surface area contributed by atoms with Gasteiger partial charge in [-0.2, -0.15) is 0 Å². The monoisotopic (exact) mass is 238 g/mol. The Morgan fingerprint density at radius 3 is 2.17 bits per heavy atom. The summed E-state index contributed by atoms with van der Waals surface area (Å²) in [5.74, 6) is 0. The van der Waals surface area contributed by atoms with E-state index in [1.165, 1.54) is 29.5 Å². The smallest absolute Gasteiger partial charge is 0.0270 e. The molecule has 1 aromatic heterocycles. The van der Waals surface area contributed by atoms with E-state index in [-0.39, 0.29) is 0 Å². The van der Waals surface area contributed by atoms with E-state index in [1.807, 2.05) is 12.4 Å². The summed E-state index contributed by atoms with van der Waals surface area (Å²) >= 11 is 0. The number of nitrogens with zero attached hydrogens (tertiary/aromatic N) is 1. The molecule has 1 N–H and O–H groups in total. The third kappa shape index (κ3) is 3.17. The molecule has 2 heteroatoms. The van der Waals surface area contributed by atoms with Gasteiger partial charge in [0.1, 0.15) is 0 Å². The summed E-state index contributed by atoms with van der Waals surface area (Å²) in [5, 5.41) is 3.53. The SMILES string of the molecule is c1cc(Cc2ccc(CNC3CC3)cc2)ccn1. The van der Waals surface area contributed by atoms with Gasteiger partial charge in [0.15, 0.2) is 0 Å². The maximum Gasteiger partial charge on any atom is 0.0270 e. The molecular weight excluding hydrogens is 220 g/mol. The summed E-state index contributed by atoms with van der Waals surface area (Å²) in [6.07, 6.45) is 7.38. The van der Waals surface area contributed by atoms with Crippen LogP contribution in [0, 0.1) is 0 Å². The zero-order chi connectivity index (χ0) is 12.2. The van der Waals surface area contributed by atoms with Crippen LogP contribution in [0.2, 0.25) is 0 Å². The molecule has 1 aromatic carbocycles. The van der Waals surface area contributed by atoms with Crippen molar-refractivity contribution >= 4 is 0 Å². The van der Waals surface area contributed by atoms with E-state index >= 15 is 0 Å². The van der Waals surface area contributed by atoms with Crippen LogP contribution >= 0.6 is 0 Å². The molecule has 1 saturated carbocycles. The number of benzene rings is 1. The molecule has 18 heavy (non-hydrogen) atoms. The highest BCUT2D eigenvalue weighted by molar-refractivity contribution is 5.27. The first-order chi connectivity index (χ1) is 8.90. The molecule has 1 heterocycles. The van der Waals surface area contributed by atoms with Gasteiger partial charge in [-0.1, -0.05) is 24.3 Å². The van der Waals surface area contributed by atoms with Gasteiger partial charge in [0.05, 0.1) is 0 Å². The molecule has 0 aliphatic heterocycles. The number of rotatable bonds is 5. The summed E-state index contributed by atoms with van der Waals surface area (Å²) in [5.41, 5.74) is 4.05. The van der Waals surface area contributed by atoms with Gasteiger partial charge >= 0.3 is 0 Å². The van der Waals surface area contributed by atoms with E-state index in [0.717, 1.165) is 19.0 Å². The average Bonchev–Trinajstić information content (AvgIpc) is 3.23. The van der Waals surface area contributed by atoms with Gasteiger partial charge in [0.25, 0.3) is 0 Å². The van der Waals surface area contributed by atoms with Gasteiger partial charge in [0, 0.05) is 25.0 Å². The minimum absolute atomic E-state index is 0.779. The standard InChI is InChI=1S/C16H18N2/c1-3-15(12-18-16-5-6-16)4-2-13(1)11-14-7-9-17-10-8-14/h1-4,7-10,16,18H,5-6,11-12H2. The van der Waals surface area contributed by atoms with Crippen molar-refractivity contribution in [3.8, 4) is 0 Å². The quantitative estimate of drug-likeness (QED) is 0.866. The fraction of sp³-hybridized carbons (Fsp3) is 0.312. The van der Waals surface area contributed by atoms with Gasteiger partial charge in [-0.3, -0.25) is 4.98 Å². The molecule has 1 fully saturated rings. The highest BCUT2D eigenvalue weighted by atomic mass is 14.9. The minimum atomic E-state index is 0.779. The van der Waals surface area contributed by atoms with E-state index in [1.54, 1.807) is 0 Å². The molecule has 2 nitrogen and oxygen atoms in total. The lowest BCUT2D eigenvalue weighted by atomic mass is 10.0. The molecule has 0 amide bonds. The molecule has 0 unspecified atom stereocenters. The average molecular weight is 238 g/mol. The van der Waals surface area contributed by atoms with Crippen LogP contribution in [0.15, 0.2) is 48.8 Å². The van der Waals surface area contributed by atoms with Gasteiger partial charge in [0.2, 0.25) is 0 Å². The number of pyridine rings is 1. The topological polar surface area (TPSA) is 24.9 Å². The third-order valence-corrected chi connectivity index (χ3v) is 3.35. The molecule has 0 bridgehead atoms. The van der Waals surface area contributed by atoms with E-state index in [0.29, 0.717) is 0 Å². The second kappa shape index (κ2) is 5.32. The Kier molecular flexibility index (Phi) is 3.37. The molecule has 3 rings (SSSR count). The van der Waals surface area contributed by atoms with Crippen molar-refractivity contribution in [3.63, 3.8) is 0 Å². The first-order valence-electron chi connectivity index (χ1n) is 6.60. The first-order valence-corrected chi connectivity index (χ1v) is 6.60. The van der Waals surface area contributed by atoms with Crippen LogP contribution in [-0.4, -0.2) is 11.0 Å². The fourth-order valence-electron chi connectivity index (χ4n) is 2.06. The van der Waals surface area contributed by atoms with Crippen LogP contribution in [-0.2, 0) is 13.0 Å².